The fourth-order valence-corrected chi connectivity index (χ4v) is 2.53. The number of hydrogen-bond donors (Lipinski definition) is 0. The van der Waals surface area contributed by atoms with E-state index in [0.29, 0.717) is 0 Å². The molecule has 1 aliphatic rings. The Labute approximate surface area is 118 Å². The smallest absolute Gasteiger partial charge is 0.286 e. The Hall–Kier alpha value is -2.36. The SMILES string of the molecule is N#Cc1ccc(C(F)(F)F)nc1-n1cnc2c1CCCC2. The van der Waals surface area contributed by atoms with Crippen LogP contribution < -0.4 is 0 Å². The molecule has 108 valence electrons. The van der Waals surface area contributed by atoms with Gasteiger partial charge >= 0.3 is 6.18 Å². The normalized spacial score (nSPS) is 14.6. The van der Waals surface area contributed by atoms with Gasteiger partial charge in [0.25, 0.3) is 0 Å². The van der Waals surface area contributed by atoms with E-state index in [1.165, 1.54) is 10.9 Å². The molecule has 0 atom stereocenters. The predicted octanol–water partition coefficient (Wildman–Crippen LogP) is 3.04. The minimum atomic E-state index is -4.54. The second kappa shape index (κ2) is 4.88. The van der Waals surface area contributed by atoms with Crippen molar-refractivity contribution in [3.05, 3.63) is 41.1 Å². The molecule has 0 amide bonds. The van der Waals surface area contributed by atoms with Gasteiger partial charge in [0.05, 0.1) is 11.3 Å². The Morgan fingerprint density at radius 3 is 2.67 bits per heavy atom. The second-order valence-electron chi connectivity index (χ2n) is 4.89. The van der Waals surface area contributed by atoms with Gasteiger partial charge in [0.15, 0.2) is 5.82 Å². The summed E-state index contributed by atoms with van der Waals surface area (Å²) in [6.45, 7) is 0. The van der Waals surface area contributed by atoms with Crippen LogP contribution in [0.15, 0.2) is 18.5 Å². The standard InChI is InChI=1S/C14H11F3N4/c15-14(16,17)12-6-5-9(7-18)13(20-12)21-8-19-10-3-1-2-4-11(10)21/h5-6,8H,1-4H2. The summed E-state index contributed by atoms with van der Waals surface area (Å²) in [7, 11) is 0. The topological polar surface area (TPSA) is 54.5 Å². The molecule has 2 aromatic heterocycles. The van der Waals surface area contributed by atoms with E-state index in [9.17, 15) is 13.2 Å². The zero-order valence-electron chi connectivity index (χ0n) is 11.0. The number of aryl methyl sites for hydroxylation is 1. The number of halogens is 3. The Balaban J connectivity index is 2.17. The lowest BCUT2D eigenvalue weighted by Gasteiger charge is -2.15. The van der Waals surface area contributed by atoms with Gasteiger partial charge in [-0.25, -0.2) is 9.97 Å². The minimum Gasteiger partial charge on any atom is -0.286 e. The van der Waals surface area contributed by atoms with Gasteiger partial charge in [-0.05, 0) is 37.8 Å². The van der Waals surface area contributed by atoms with Gasteiger partial charge in [0.2, 0.25) is 0 Å². The lowest BCUT2D eigenvalue weighted by Crippen LogP contribution is -2.13. The van der Waals surface area contributed by atoms with Crippen LogP contribution in [0.4, 0.5) is 13.2 Å². The third kappa shape index (κ3) is 2.37. The molecule has 2 heterocycles. The van der Waals surface area contributed by atoms with Crippen molar-refractivity contribution in [2.75, 3.05) is 0 Å². The zero-order chi connectivity index (χ0) is 15.0. The molecule has 4 nitrogen and oxygen atoms in total. The van der Waals surface area contributed by atoms with Crippen molar-refractivity contribution in [1.29, 1.82) is 5.26 Å². The van der Waals surface area contributed by atoms with Gasteiger partial charge in [-0.3, -0.25) is 4.57 Å². The quantitative estimate of drug-likeness (QED) is 0.811. The summed E-state index contributed by atoms with van der Waals surface area (Å²) in [6.07, 6.45) is 0.439. The second-order valence-corrected chi connectivity index (χ2v) is 4.89. The van der Waals surface area contributed by atoms with Crippen LogP contribution in [0, 0.1) is 11.3 Å². The highest BCUT2D eigenvalue weighted by Crippen LogP contribution is 2.30. The molecule has 2 aromatic rings. The number of nitrogens with zero attached hydrogens (tertiary/aromatic N) is 4. The summed E-state index contributed by atoms with van der Waals surface area (Å²) in [5.74, 6) is 0.00275. The first-order valence-electron chi connectivity index (χ1n) is 6.54. The monoisotopic (exact) mass is 292 g/mol. The van der Waals surface area contributed by atoms with Gasteiger partial charge in [-0.2, -0.15) is 18.4 Å². The maximum absolute atomic E-state index is 12.8. The van der Waals surface area contributed by atoms with Gasteiger partial charge in [-0.1, -0.05) is 0 Å². The van der Waals surface area contributed by atoms with Crippen molar-refractivity contribution in [3.8, 4) is 11.9 Å². The summed E-state index contributed by atoms with van der Waals surface area (Å²) in [5, 5.41) is 9.11. The number of rotatable bonds is 1. The molecule has 0 fully saturated rings. The van der Waals surface area contributed by atoms with E-state index in [-0.39, 0.29) is 11.4 Å². The van der Waals surface area contributed by atoms with Gasteiger partial charge in [0, 0.05) is 5.69 Å². The molecule has 1 aliphatic carbocycles. The molecule has 0 aliphatic heterocycles. The number of alkyl halides is 3. The Bertz CT molecular complexity index is 725. The van der Waals surface area contributed by atoms with Crippen LogP contribution in [0.2, 0.25) is 0 Å². The Morgan fingerprint density at radius 2 is 1.95 bits per heavy atom. The summed E-state index contributed by atoms with van der Waals surface area (Å²) in [5.41, 5.74) is 0.831. The van der Waals surface area contributed by atoms with Crippen molar-refractivity contribution in [3.63, 3.8) is 0 Å². The highest BCUT2D eigenvalue weighted by atomic mass is 19.4. The molecule has 0 radical (unpaired) electrons. The van der Waals surface area contributed by atoms with E-state index >= 15 is 0 Å². The van der Waals surface area contributed by atoms with Gasteiger partial charge in [-0.15, -0.1) is 0 Å². The van der Waals surface area contributed by atoms with Crippen LogP contribution in [-0.2, 0) is 19.0 Å². The summed E-state index contributed by atoms with van der Waals surface area (Å²) in [4.78, 5) is 7.87. The van der Waals surface area contributed by atoms with E-state index in [4.69, 9.17) is 5.26 Å². The molecule has 0 saturated heterocycles. The van der Waals surface area contributed by atoms with Crippen LogP contribution >= 0.6 is 0 Å². The lowest BCUT2D eigenvalue weighted by atomic mass is 10.0. The molecule has 0 unspecified atom stereocenters. The van der Waals surface area contributed by atoms with E-state index in [2.05, 4.69) is 9.97 Å². The summed E-state index contributed by atoms with van der Waals surface area (Å²) >= 11 is 0. The molecule has 0 aromatic carbocycles. The fourth-order valence-electron chi connectivity index (χ4n) is 2.53. The van der Waals surface area contributed by atoms with Crippen LogP contribution in [0.1, 0.15) is 35.5 Å². The number of nitriles is 1. The lowest BCUT2D eigenvalue weighted by molar-refractivity contribution is -0.141. The number of imidazole rings is 1. The maximum Gasteiger partial charge on any atom is 0.433 e. The predicted molar refractivity (Wildman–Crippen MR) is 67.7 cm³/mol. The highest BCUT2D eigenvalue weighted by Gasteiger charge is 2.33. The number of hydrogen-bond acceptors (Lipinski definition) is 3. The molecular weight excluding hydrogens is 281 g/mol. The molecule has 3 rings (SSSR count). The average Bonchev–Trinajstić information content (AvgIpc) is 2.89. The third-order valence-corrected chi connectivity index (χ3v) is 3.54. The summed E-state index contributed by atoms with van der Waals surface area (Å²) in [6, 6.07) is 3.87. The molecule has 7 heteroatoms. The van der Waals surface area contributed by atoms with Crippen LogP contribution in [0.25, 0.3) is 5.82 Å². The zero-order valence-corrected chi connectivity index (χ0v) is 11.0. The average molecular weight is 292 g/mol. The van der Waals surface area contributed by atoms with E-state index in [1.54, 1.807) is 0 Å². The maximum atomic E-state index is 12.8. The molecule has 0 saturated carbocycles. The van der Waals surface area contributed by atoms with Crippen molar-refractivity contribution in [1.82, 2.24) is 14.5 Å². The van der Waals surface area contributed by atoms with Crippen molar-refractivity contribution in [2.24, 2.45) is 0 Å². The van der Waals surface area contributed by atoms with Crippen molar-refractivity contribution < 1.29 is 13.2 Å². The van der Waals surface area contributed by atoms with Crippen LogP contribution in [0.5, 0.6) is 0 Å². The number of aromatic nitrogens is 3. The first-order valence-corrected chi connectivity index (χ1v) is 6.54. The molecule has 0 bridgehead atoms. The largest absolute Gasteiger partial charge is 0.433 e. The van der Waals surface area contributed by atoms with Crippen LogP contribution in [-0.4, -0.2) is 14.5 Å². The molecule has 0 N–H and O–H groups in total. The van der Waals surface area contributed by atoms with E-state index < -0.39 is 11.9 Å². The molecular formula is C14H11F3N4. The molecule has 0 spiro atoms. The fraction of sp³-hybridized carbons (Fsp3) is 0.357. The highest BCUT2D eigenvalue weighted by molar-refractivity contribution is 5.46. The number of fused-ring (bicyclic) bond motifs is 1. The van der Waals surface area contributed by atoms with Gasteiger partial charge in [0.1, 0.15) is 18.1 Å². The van der Waals surface area contributed by atoms with Crippen molar-refractivity contribution in [2.45, 2.75) is 31.9 Å². The number of pyridine rings is 1. The first-order chi connectivity index (χ1) is 10.0. The third-order valence-electron chi connectivity index (χ3n) is 3.54. The Kier molecular flexibility index (Phi) is 3.16. The minimum absolute atomic E-state index is 0.00275. The van der Waals surface area contributed by atoms with Gasteiger partial charge < -0.3 is 0 Å². The van der Waals surface area contributed by atoms with Crippen molar-refractivity contribution >= 4 is 0 Å². The van der Waals surface area contributed by atoms with Crippen LogP contribution in [0.3, 0.4) is 0 Å². The Morgan fingerprint density at radius 1 is 1.19 bits per heavy atom. The summed E-state index contributed by atoms with van der Waals surface area (Å²) < 4.78 is 40.0. The van der Waals surface area contributed by atoms with E-state index in [0.717, 1.165) is 49.2 Å². The molecule has 21 heavy (non-hydrogen) atoms. The first kappa shape index (κ1) is 13.6. The van der Waals surface area contributed by atoms with E-state index in [1.807, 2.05) is 6.07 Å².